The molecule has 9 heavy (non-hydrogen) atoms. The van der Waals surface area contributed by atoms with E-state index in [0.29, 0.717) is 12.8 Å². The van der Waals surface area contributed by atoms with Gasteiger partial charge in [-0.1, -0.05) is 12.2 Å². The second kappa shape index (κ2) is 2.96. The molecule has 1 aliphatic carbocycles. The molecule has 0 heterocycles. The molecule has 0 spiro atoms. The second-order valence-corrected chi connectivity index (χ2v) is 2.15. The van der Waals surface area contributed by atoms with E-state index in [1.165, 1.54) is 0 Å². The molecule has 0 aromatic heterocycles. The topological polar surface area (TPSA) is 49.7 Å². The van der Waals surface area contributed by atoms with Gasteiger partial charge in [0.15, 0.2) is 0 Å². The summed E-state index contributed by atoms with van der Waals surface area (Å²) in [5, 5.41) is 17.2. The minimum atomic E-state index is -0.542. The summed E-state index contributed by atoms with van der Waals surface area (Å²) in [5.74, 6) is 0. The van der Waals surface area contributed by atoms with Gasteiger partial charge in [0.1, 0.15) is 6.10 Å². The monoisotopic (exact) mass is 130 g/mol. The van der Waals surface area contributed by atoms with Crippen LogP contribution in [0, 0.1) is 0 Å². The van der Waals surface area contributed by atoms with Crippen LogP contribution < -0.4 is 0 Å². The highest BCUT2D eigenvalue weighted by atomic mass is 17.1. The highest BCUT2D eigenvalue weighted by Gasteiger charge is 2.20. The Kier molecular flexibility index (Phi) is 2.22. The molecular formula is C6H10O3. The molecule has 0 bridgehead atoms. The molecule has 0 fully saturated rings. The molecule has 3 nitrogen and oxygen atoms in total. The van der Waals surface area contributed by atoms with E-state index in [2.05, 4.69) is 4.89 Å². The molecule has 2 atom stereocenters. The van der Waals surface area contributed by atoms with Crippen LogP contribution in [-0.2, 0) is 4.89 Å². The van der Waals surface area contributed by atoms with Gasteiger partial charge in [0.05, 0.1) is 6.10 Å². The van der Waals surface area contributed by atoms with Crippen LogP contribution in [0.15, 0.2) is 12.2 Å². The summed E-state index contributed by atoms with van der Waals surface area (Å²) in [7, 11) is 0. The van der Waals surface area contributed by atoms with Crippen LogP contribution in [-0.4, -0.2) is 22.6 Å². The minimum absolute atomic E-state index is 0.421. The number of aliphatic hydroxyl groups excluding tert-OH is 1. The predicted molar refractivity (Wildman–Crippen MR) is 31.9 cm³/mol. The SMILES string of the molecule is OO[C@H]1CC=CC[C@H]1O. The maximum absolute atomic E-state index is 9.03. The van der Waals surface area contributed by atoms with Crippen LogP contribution in [0.25, 0.3) is 0 Å². The zero-order valence-electron chi connectivity index (χ0n) is 5.03. The van der Waals surface area contributed by atoms with Crippen molar-refractivity contribution in [1.82, 2.24) is 0 Å². The molecule has 0 amide bonds. The lowest BCUT2D eigenvalue weighted by Gasteiger charge is -2.19. The van der Waals surface area contributed by atoms with Gasteiger partial charge in [-0.2, -0.15) is 0 Å². The van der Waals surface area contributed by atoms with E-state index >= 15 is 0 Å². The Balaban J connectivity index is 2.43. The van der Waals surface area contributed by atoms with Crippen LogP contribution in [0.2, 0.25) is 0 Å². The third-order valence-electron chi connectivity index (χ3n) is 1.48. The summed E-state index contributed by atoms with van der Waals surface area (Å²) in [5.41, 5.74) is 0. The van der Waals surface area contributed by atoms with Gasteiger partial charge in [0, 0.05) is 0 Å². The number of hydrogen-bond acceptors (Lipinski definition) is 3. The summed E-state index contributed by atoms with van der Waals surface area (Å²) in [6.45, 7) is 0. The Bertz CT molecular complexity index is 111. The Morgan fingerprint density at radius 3 is 2.44 bits per heavy atom. The van der Waals surface area contributed by atoms with Crippen LogP contribution in [0.4, 0.5) is 0 Å². The summed E-state index contributed by atoms with van der Waals surface area (Å²) in [6, 6.07) is 0. The fraction of sp³-hybridized carbons (Fsp3) is 0.667. The molecule has 0 saturated heterocycles. The zero-order chi connectivity index (χ0) is 6.69. The molecule has 0 aliphatic heterocycles. The van der Waals surface area contributed by atoms with Crippen molar-refractivity contribution in [2.45, 2.75) is 25.0 Å². The Morgan fingerprint density at radius 1 is 1.33 bits per heavy atom. The van der Waals surface area contributed by atoms with Crippen molar-refractivity contribution in [3.05, 3.63) is 12.2 Å². The first-order chi connectivity index (χ1) is 4.34. The quantitative estimate of drug-likeness (QED) is 0.309. The third-order valence-corrected chi connectivity index (χ3v) is 1.48. The van der Waals surface area contributed by atoms with Gasteiger partial charge in [-0.3, -0.25) is 5.26 Å². The van der Waals surface area contributed by atoms with E-state index in [9.17, 15) is 0 Å². The van der Waals surface area contributed by atoms with Crippen molar-refractivity contribution in [1.29, 1.82) is 0 Å². The van der Waals surface area contributed by atoms with Crippen molar-refractivity contribution < 1.29 is 15.3 Å². The summed E-state index contributed by atoms with van der Waals surface area (Å²) in [6.07, 6.45) is 3.96. The molecule has 0 aromatic carbocycles. The lowest BCUT2D eigenvalue weighted by Crippen LogP contribution is -2.29. The molecule has 2 N–H and O–H groups in total. The molecule has 1 aliphatic rings. The standard InChI is InChI=1S/C6H10O3/c7-5-3-1-2-4-6(5)9-8/h1-2,5-8H,3-4H2/t5-,6+/m1/s1. The molecule has 0 saturated carbocycles. The van der Waals surface area contributed by atoms with Gasteiger partial charge >= 0.3 is 0 Å². The van der Waals surface area contributed by atoms with Crippen molar-refractivity contribution in [3.8, 4) is 0 Å². The second-order valence-electron chi connectivity index (χ2n) is 2.15. The van der Waals surface area contributed by atoms with Gasteiger partial charge in [-0.15, -0.1) is 0 Å². The van der Waals surface area contributed by atoms with Crippen molar-refractivity contribution in [3.63, 3.8) is 0 Å². The molecule has 3 heteroatoms. The van der Waals surface area contributed by atoms with Crippen molar-refractivity contribution in [2.24, 2.45) is 0 Å². The van der Waals surface area contributed by atoms with Crippen LogP contribution in [0.5, 0.6) is 0 Å². The van der Waals surface area contributed by atoms with E-state index in [4.69, 9.17) is 10.4 Å². The smallest absolute Gasteiger partial charge is 0.122 e. The largest absolute Gasteiger partial charge is 0.390 e. The lowest BCUT2D eigenvalue weighted by molar-refractivity contribution is -0.296. The zero-order valence-corrected chi connectivity index (χ0v) is 5.03. The van der Waals surface area contributed by atoms with Gasteiger partial charge in [-0.05, 0) is 12.8 Å². The highest BCUT2D eigenvalue weighted by Crippen LogP contribution is 2.13. The average Bonchev–Trinajstić information content (AvgIpc) is 1.89. The number of rotatable bonds is 1. The van der Waals surface area contributed by atoms with Gasteiger partial charge in [-0.25, -0.2) is 4.89 Å². The Labute approximate surface area is 53.5 Å². The molecular weight excluding hydrogens is 120 g/mol. The fourth-order valence-electron chi connectivity index (χ4n) is 0.888. The highest BCUT2D eigenvalue weighted by molar-refractivity contribution is 4.95. The van der Waals surface area contributed by atoms with Crippen LogP contribution in [0.3, 0.4) is 0 Å². The molecule has 0 aromatic rings. The first-order valence-corrected chi connectivity index (χ1v) is 2.98. The van der Waals surface area contributed by atoms with Crippen LogP contribution >= 0.6 is 0 Å². The van der Waals surface area contributed by atoms with E-state index in [1.807, 2.05) is 12.2 Å². The van der Waals surface area contributed by atoms with Gasteiger partial charge in [0.25, 0.3) is 0 Å². The molecule has 0 radical (unpaired) electrons. The maximum Gasteiger partial charge on any atom is 0.122 e. The Morgan fingerprint density at radius 2 is 2.00 bits per heavy atom. The summed E-state index contributed by atoms with van der Waals surface area (Å²) < 4.78 is 0. The van der Waals surface area contributed by atoms with Gasteiger partial charge < -0.3 is 5.11 Å². The maximum atomic E-state index is 9.03. The van der Waals surface area contributed by atoms with Crippen molar-refractivity contribution in [2.75, 3.05) is 0 Å². The number of aliphatic hydroxyl groups is 1. The normalized spacial score (nSPS) is 34.9. The van der Waals surface area contributed by atoms with E-state index < -0.39 is 12.2 Å². The van der Waals surface area contributed by atoms with E-state index in [-0.39, 0.29) is 0 Å². The van der Waals surface area contributed by atoms with Crippen LogP contribution in [0.1, 0.15) is 12.8 Å². The lowest BCUT2D eigenvalue weighted by atomic mass is 10.0. The molecule has 0 unspecified atom stereocenters. The third kappa shape index (κ3) is 1.51. The van der Waals surface area contributed by atoms with E-state index in [1.54, 1.807) is 0 Å². The summed E-state index contributed by atoms with van der Waals surface area (Å²) >= 11 is 0. The first kappa shape index (κ1) is 6.74. The predicted octanol–water partition coefficient (Wildman–Crippen LogP) is 0.555. The fourth-order valence-corrected chi connectivity index (χ4v) is 0.888. The first-order valence-electron chi connectivity index (χ1n) is 2.98. The molecule has 1 rings (SSSR count). The Hall–Kier alpha value is -0.380. The summed E-state index contributed by atoms with van der Waals surface area (Å²) in [4.78, 5) is 4.00. The minimum Gasteiger partial charge on any atom is -0.390 e. The average molecular weight is 130 g/mol. The number of hydrogen-bond donors (Lipinski definition) is 2. The van der Waals surface area contributed by atoms with Gasteiger partial charge in [0.2, 0.25) is 0 Å². The van der Waals surface area contributed by atoms with Crippen molar-refractivity contribution >= 4 is 0 Å². The molecule has 52 valence electrons. The van der Waals surface area contributed by atoms with E-state index in [0.717, 1.165) is 0 Å².